The van der Waals surface area contributed by atoms with Gasteiger partial charge in [0.25, 0.3) is 11.6 Å². The molecule has 0 aliphatic rings. The molecule has 0 saturated heterocycles. The van der Waals surface area contributed by atoms with Crippen molar-refractivity contribution in [1.29, 1.82) is 0 Å². The fourth-order valence-electron chi connectivity index (χ4n) is 3.22. The molecule has 3 aromatic carbocycles. The molecule has 30 heavy (non-hydrogen) atoms. The molecule has 0 saturated carbocycles. The van der Waals surface area contributed by atoms with Gasteiger partial charge in [-0.25, -0.2) is 0 Å². The number of nitro benzene ring substituents is 1. The van der Waals surface area contributed by atoms with E-state index in [1.165, 1.54) is 18.2 Å². The first-order valence-corrected chi connectivity index (χ1v) is 9.68. The molecule has 0 radical (unpaired) electrons. The Morgan fingerprint density at radius 1 is 0.900 bits per heavy atom. The first-order chi connectivity index (χ1) is 14.3. The highest BCUT2D eigenvalue weighted by Crippen LogP contribution is 2.36. The molecule has 3 aromatic rings. The maximum Gasteiger partial charge on any atom is 0.269 e. The molecule has 0 atom stereocenters. The van der Waals surface area contributed by atoms with Crippen molar-refractivity contribution in [2.24, 2.45) is 0 Å². The molecule has 0 bridgehead atoms. The van der Waals surface area contributed by atoms with Gasteiger partial charge in [-0.3, -0.25) is 19.8 Å². The van der Waals surface area contributed by atoms with Gasteiger partial charge in [-0.05, 0) is 40.8 Å². The van der Waals surface area contributed by atoms with Crippen molar-refractivity contribution in [2.75, 3.05) is 4.90 Å². The van der Waals surface area contributed by atoms with Gasteiger partial charge in [-0.15, -0.1) is 0 Å². The molecule has 0 fully saturated rings. The summed E-state index contributed by atoms with van der Waals surface area (Å²) in [6.07, 6.45) is 3.29. The summed E-state index contributed by atoms with van der Waals surface area (Å²) in [5.74, 6) is -0.232. The standard InChI is InChI=1S/C25H24N2O3/c1-25(2,3)22-11-7-8-12-23(22)26(20-14-16-21(17-15-20)27(29)30)24(28)18-13-19-9-5-4-6-10-19/h4-18H,1-3H3/b18-13+. The maximum absolute atomic E-state index is 13.3. The second-order valence-electron chi connectivity index (χ2n) is 7.96. The molecule has 0 spiro atoms. The van der Waals surface area contributed by atoms with E-state index >= 15 is 0 Å². The van der Waals surface area contributed by atoms with E-state index in [1.54, 1.807) is 23.1 Å². The third-order valence-corrected chi connectivity index (χ3v) is 4.71. The zero-order chi connectivity index (χ0) is 21.7. The molecule has 3 rings (SSSR count). The lowest BCUT2D eigenvalue weighted by atomic mass is 9.85. The number of benzene rings is 3. The number of amides is 1. The summed E-state index contributed by atoms with van der Waals surface area (Å²) in [5.41, 5.74) is 3.03. The molecule has 5 nitrogen and oxygen atoms in total. The van der Waals surface area contributed by atoms with Crippen LogP contribution in [0, 0.1) is 10.1 Å². The van der Waals surface area contributed by atoms with Gasteiger partial charge in [-0.1, -0.05) is 69.3 Å². The Morgan fingerprint density at radius 3 is 2.10 bits per heavy atom. The van der Waals surface area contributed by atoms with E-state index < -0.39 is 4.92 Å². The zero-order valence-corrected chi connectivity index (χ0v) is 17.3. The van der Waals surface area contributed by atoms with Crippen LogP contribution in [-0.4, -0.2) is 10.8 Å². The van der Waals surface area contributed by atoms with Crippen LogP contribution in [0.3, 0.4) is 0 Å². The Bertz CT molecular complexity index is 1070. The highest BCUT2D eigenvalue weighted by Gasteiger charge is 2.25. The zero-order valence-electron chi connectivity index (χ0n) is 17.3. The minimum Gasteiger partial charge on any atom is -0.277 e. The predicted octanol–water partition coefficient (Wildman–Crippen LogP) is 6.27. The van der Waals surface area contributed by atoms with Crippen LogP contribution in [0.1, 0.15) is 31.9 Å². The van der Waals surface area contributed by atoms with Crippen molar-refractivity contribution < 1.29 is 9.72 Å². The molecule has 0 heterocycles. The third-order valence-electron chi connectivity index (χ3n) is 4.71. The third kappa shape index (κ3) is 4.81. The average Bonchev–Trinajstić information content (AvgIpc) is 2.73. The Labute approximate surface area is 176 Å². The van der Waals surface area contributed by atoms with Crippen LogP contribution in [0.25, 0.3) is 6.08 Å². The van der Waals surface area contributed by atoms with Crippen molar-refractivity contribution >= 4 is 29.0 Å². The first-order valence-electron chi connectivity index (χ1n) is 9.68. The van der Waals surface area contributed by atoms with Crippen LogP contribution in [-0.2, 0) is 10.2 Å². The molecular weight excluding hydrogens is 376 g/mol. The highest BCUT2D eigenvalue weighted by molar-refractivity contribution is 6.09. The lowest BCUT2D eigenvalue weighted by molar-refractivity contribution is -0.384. The van der Waals surface area contributed by atoms with E-state index in [0.717, 1.165) is 16.8 Å². The summed E-state index contributed by atoms with van der Waals surface area (Å²) >= 11 is 0. The van der Waals surface area contributed by atoms with Crippen LogP contribution < -0.4 is 4.90 Å². The number of hydrogen-bond acceptors (Lipinski definition) is 3. The molecule has 0 aromatic heterocycles. The number of anilines is 2. The quantitative estimate of drug-likeness (QED) is 0.288. The van der Waals surface area contributed by atoms with E-state index in [1.807, 2.05) is 54.6 Å². The molecule has 152 valence electrons. The van der Waals surface area contributed by atoms with Crippen LogP contribution in [0.2, 0.25) is 0 Å². The Kier molecular flexibility index (Phi) is 6.11. The van der Waals surface area contributed by atoms with Crippen LogP contribution in [0.5, 0.6) is 0 Å². The molecule has 0 unspecified atom stereocenters. The Balaban J connectivity index is 2.09. The maximum atomic E-state index is 13.3. The topological polar surface area (TPSA) is 63.5 Å². The summed E-state index contributed by atoms with van der Waals surface area (Å²) in [6.45, 7) is 6.26. The molecule has 0 N–H and O–H groups in total. The van der Waals surface area contributed by atoms with Crippen LogP contribution in [0.15, 0.2) is 84.9 Å². The smallest absolute Gasteiger partial charge is 0.269 e. The van der Waals surface area contributed by atoms with E-state index in [9.17, 15) is 14.9 Å². The van der Waals surface area contributed by atoms with Gasteiger partial charge in [0.05, 0.1) is 10.6 Å². The van der Waals surface area contributed by atoms with Gasteiger partial charge < -0.3 is 0 Å². The number of nitrogens with zero attached hydrogens (tertiary/aromatic N) is 2. The van der Waals surface area contributed by atoms with Gasteiger partial charge in [0, 0.05) is 23.9 Å². The lowest BCUT2D eigenvalue weighted by Gasteiger charge is -2.29. The fourth-order valence-corrected chi connectivity index (χ4v) is 3.22. The molecule has 5 heteroatoms. The number of carbonyl (C=O) groups excluding carboxylic acids is 1. The van der Waals surface area contributed by atoms with Crippen molar-refractivity contribution in [3.63, 3.8) is 0 Å². The Hall–Kier alpha value is -3.73. The summed E-state index contributed by atoms with van der Waals surface area (Å²) < 4.78 is 0. The van der Waals surface area contributed by atoms with Crippen molar-refractivity contribution in [2.45, 2.75) is 26.2 Å². The van der Waals surface area contributed by atoms with Crippen molar-refractivity contribution in [3.8, 4) is 0 Å². The average molecular weight is 400 g/mol. The normalized spacial score (nSPS) is 11.4. The Morgan fingerprint density at radius 2 is 1.50 bits per heavy atom. The highest BCUT2D eigenvalue weighted by atomic mass is 16.6. The minimum absolute atomic E-state index is 0.0184. The van der Waals surface area contributed by atoms with E-state index in [2.05, 4.69) is 20.8 Å². The second kappa shape index (κ2) is 8.74. The predicted molar refractivity (Wildman–Crippen MR) is 121 cm³/mol. The molecular formula is C25H24N2O3. The van der Waals surface area contributed by atoms with E-state index in [-0.39, 0.29) is 17.0 Å². The van der Waals surface area contributed by atoms with Gasteiger partial charge in [0.2, 0.25) is 0 Å². The lowest BCUT2D eigenvalue weighted by Crippen LogP contribution is -2.27. The number of hydrogen-bond donors (Lipinski definition) is 0. The number of rotatable bonds is 5. The first kappa shape index (κ1) is 21.0. The largest absolute Gasteiger partial charge is 0.277 e. The summed E-state index contributed by atoms with van der Waals surface area (Å²) in [4.78, 5) is 25.5. The monoisotopic (exact) mass is 400 g/mol. The van der Waals surface area contributed by atoms with Gasteiger partial charge in [0.1, 0.15) is 0 Å². The molecule has 0 aliphatic carbocycles. The number of para-hydroxylation sites is 1. The van der Waals surface area contributed by atoms with E-state index in [0.29, 0.717) is 5.69 Å². The summed E-state index contributed by atoms with van der Waals surface area (Å²) in [5, 5.41) is 11.0. The number of carbonyl (C=O) groups is 1. The fraction of sp³-hybridized carbons (Fsp3) is 0.160. The van der Waals surface area contributed by atoms with Crippen molar-refractivity contribution in [3.05, 3.63) is 106 Å². The minimum atomic E-state index is -0.450. The SMILES string of the molecule is CC(C)(C)c1ccccc1N(C(=O)/C=C/c1ccccc1)c1ccc([N+](=O)[O-])cc1. The van der Waals surface area contributed by atoms with Gasteiger partial charge in [0.15, 0.2) is 0 Å². The summed E-state index contributed by atoms with van der Waals surface area (Å²) in [7, 11) is 0. The van der Waals surface area contributed by atoms with Crippen molar-refractivity contribution in [1.82, 2.24) is 0 Å². The number of non-ortho nitro benzene ring substituents is 1. The molecule has 1 amide bonds. The summed E-state index contributed by atoms with van der Waals surface area (Å²) in [6, 6.07) is 23.3. The van der Waals surface area contributed by atoms with Crippen LogP contribution >= 0.6 is 0 Å². The van der Waals surface area contributed by atoms with E-state index in [4.69, 9.17) is 0 Å². The van der Waals surface area contributed by atoms with Gasteiger partial charge >= 0.3 is 0 Å². The van der Waals surface area contributed by atoms with Crippen LogP contribution in [0.4, 0.5) is 17.1 Å². The molecule has 0 aliphatic heterocycles. The second-order valence-corrected chi connectivity index (χ2v) is 7.96. The van der Waals surface area contributed by atoms with Gasteiger partial charge in [-0.2, -0.15) is 0 Å². The number of nitro groups is 1.